The fourth-order valence-corrected chi connectivity index (χ4v) is 5.46. The van der Waals surface area contributed by atoms with E-state index >= 15 is 0 Å². The first-order valence-corrected chi connectivity index (χ1v) is 16.4. The predicted molar refractivity (Wildman–Crippen MR) is 194 cm³/mol. The molecule has 0 aliphatic rings. The first-order valence-electron chi connectivity index (χ1n) is 16.4. The van der Waals surface area contributed by atoms with Crippen molar-refractivity contribution in [3.8, 4) is 57.1 Å². The first-order chi connectivity index (χ1) is 26.3. The number of esters is 3. The van der Waals surface area contributed by atoms with Crippen LogP contribution in [0.5, 0.6) is 11.5 Å². The second kappa shape index (κ2) is 15.5. The molecule has 0 saturated heterocycles. The van der Waals surface area contributed by atoms with E-state index in [9.17, 15) is 19.5 Å². The van der Waals surface area contributed by atoms with Gasteiger partial charge in [0, 0.05) is 29.4 Å². The summed E-state index contributed by atoms with van der Waals surface area (Å²) < 4.78 is 21.5. The van der Waals surface area contributed by atoms with E-state index in [1.54, 1.807) is 36.4 Å². The molecule has 0 amide bonds. The fraction of sp³-hybridized carbons (Fsp3) is 0.0750. The van der Waals surface area contributed by atoms with E-state index in [4.69, 9.17) is 18.9 Å². The highest BCUT2D eigenvalue weighted by atomic mass is 16.6. The van der Waals surface area contributed by atoms with Crippen LogP contribution in [0.15, 0.2) is 121 Å². The van der Waals surface area contributed by atoms with Crippen LogP contribution in [-0.4, -0.2) is 67.6 Å². The lowest BCUT2D eigenvalue weighted by molar-refractivity contribution is -0.0780. The Morgan fingerprint density at radius 3 is 1.54 bits per heavy atom. The summed E-state index contributed by atoms with van der Waals surface area (Å²) in [7, 11) is 2.36. The van der Waals surface area contributed by atoms with Crippen LogP contribution in [0, 0.1) is 0 Å². The molecule has 0 saturated carbocycles. The van der Waals surface area contributed by atoms with Crippen molar-refractivity contribution in [2.45, 2.75) is 6.29 Å². The van der Waals surface area contributed by atoms with Crippen LogP contribution in [0.1, 0.15) is 42.9 Å². The molecular formula is C40H30N6O8. The van der Waals surface area contributed by atoms with Gasteiger partial charge in [0.15, 0.2) is 29.6 Å². The number of aromatic nitrogens is 6. The number of benzene rings is 5. The second-order valence-corrected chi connectivity index (χ2v) is 11.7. The molecule has 14 heteroatoms. The number of aliphatic hydroxyl groups excluding tert-OH is 1. The minimum Gasteiger partial charge on any atom is -0.465 e. The highest BCUT2D eigenvalue weighted by Gasteiger charge is 2.26. The minimum atomic E-state index is -1.65. The van der Waals surface area contributed by atoms with Gasteiger partial charge in [0.25, 0.3) is 0 Å². The zero-order chi connectivity index (χ0) is 37.6. The number of carbonyl (C=O) groups is 3. The molecule has 2 aromatic heterocycles. The topological polar surface area (TPSA) is 191 Å². The highest BCUT2D eigenvalue weighted by Crippen LogP contribution is 2.35. The summed E-state index contributed by atoms with van der Waals surface area (Å²) in [6.07, 6.45) is -1.65. The number of aliphatic hydroxyl groups is 1. The number of nitrogens with zero attached hydrogens (tertiary/aromatic N) is 4. The van der Waals surface area contributed by atoms with E-state index in [-0.39, 0.29) is 33.8 Å². The van der Waals surface area contributed by atoms with Crippen LogP contribution in [0.2, 0.25) is 0 Å². The number of carbonyl (C=O) groups excluding carboxylic acids is 3. The van der Waals surface area contributed by atoms with Crippen LogP contribution in [-0.2, 0) is 9.47 Å². The summed E-state index contributed by atoms with van der Waals surface area (Å²) in [6.45, 7) is 0. The lowest BCUT2D eigenvalue weighted by atomic mass is 10.1. The SMILES string of the molecule is COC(=O)c1cc(OC(=O)c2cccc(-c3nc(-c4ccccc4)n[nH]3)c2)c(C(O)OC)cc1OC(=O)c1cccc(-c2nc(-c3ccccc3)n[nH]2)c1. The van der Waals surface area contributed by atoms with Crippen molar-refractivity contribution in [3.05, 3.63) is 144 Å². The molecule has 1 unspecified atom stereocenters. The monoisotopic (exact) mass is 722 g/mol. The summed E-state index contributed by atoms with van der Waals surface area (Å²) in [5.41, 5.74) is 2.60. The molecule has 0 bridgehead atoms. The van der Waals surface area contributed by atoms with Gasteiger partial charge in [-0.2, -0.15) is 10.2 Å². The second-order valence-electron chi connectivity index (χ2n) is 11.7. The summed E-state index contributed by atoms with van der Waals surface area (Å²) in [5, 5.41) is 25.1. The Bertz CT molecular complexity index is 2460. The molecule has 1 atom stereocenters. The van der Waals surface area contributed by atoms with Crippen LogP contribution < -0.4 is 9.47 Å². The van der Waals surface area contributed by atoms with Crippen molar-refractivity contribution in [1.29, 1.82) is 0 Å². The number of methoxy groups -OCH3 is 2. The molecule has 0 fully saturated rings. The maximum atomic E-state index is 13.5. The Labute approximate surface area is 307 Å². The molecule has 0 spiro atoms. The van der Waals surface area contributed by atoms with Gasteiger partial charge in [0.1, 0.15) is 17.1 Å². The molecule has 2 heterocycles. The van der Waals surface area contributed by atoms with Crippen LogP contribution in [0.4, 0.5) is 0 Å². The van der Waals surface area contributed by atoms with Crippen molar-refractivity contribution in [2.24, 2.45) is 0 Å². The number of aromatic amines is 2. The number of rotatable bonds is 11. The zero-order valence-electron chi connectivity index (χ0n) is 28.7. The third-order valence-corrected chi connectivity index (χ3v) is 8.19. The standard InChI is InChI=1S/C40H30N6O8/c1-51-39(49)29-21-32(54-38(48)28-18-10-16-26(20-28)36-42-34(44-46-36)24-13-7-4-8-14-24)30(40(50)52-2)22-31(29)53-37(47)27-17-9-15-25(19-27)35-41-33(43-45-35)23-11-5-3-6-12-23/h3-22,39,49H,1-2H3,(H,41,43,45)(H,42,44,46). The minimum absolute atomic E-state index is 0.107. The number of nitrogens with one attached hydrogen (secondary N) is 2. The molecule has 14 nitrogen and oxygen atoms in total. The van der Waals surface area contributed by atoms with Gasteiger partial charge in [-0.3, -0.25) is 10.2 Å². The number of hydrogen-bond donors (Lipinski definition) is 3. The van der Waals surface area contributed by atoms with Gasteiger partial charge in [-0.25, -0.2) is 24.4 Å². The Kier molecular flexibility index (Phi) is 10.1. The zero-order valence-corrected chi connectivity index (χ0v) is 28.7. The third kappa shape index (κ3) is 7.50. The summed E-state index contributed by atoms with van der Waals surface area (Å²) in [5.74, 6) is -1.31. The summed E-state index contributed by atoms with van der Waals surface area (Å²) >= 11 is 0. The molecule has 7 rings (SSSR count). The van der Waals surface area contributed by atoms with Gasteiger partial charge in [-0.1, -0.05) is 84.9 Å². The van der Waals surface area contributed by atoms with Crippen molar-refractivity contribution in [3.63, 3.8) is 0 Å². The summed E-state index contributed by atoms with van der Waals surface area (Å²) in [4.78, 5) is 49.1. The van der Waals surface area contributed by atoms with Crippen LogP contribution >= 0.6 is 0 Å². The Hall–Kier alpha value is -7.29. The van der Waals surface area contributed by atoms with E-state index in [0.29, 0.717) is 34.4 Å². The molecule has 268 valence electrons. The Morgan fingerprint density at radius 1 is 0.574 bits per heavy atom. The predicted octanol–water partition coefficient (Wildman–Crippen LogP) is 6.45. The van der Waals surface area contributed by atoms with Crippen LogP contribution in [0.25, 0.3) is 45.6 Å². The van der Waals surface area contributed by atoms with Gasteiger partial charge in [-0.15, -0.1) is 0 Å². The average molecular weight is 723 g/mol. The maximum absolute atomic E-state index is 13.5. The van der Waals surface area contributed by atoms with Crippen molar-refractivity contribution < 1.29 is 38.4 Å². The molecule has 5 aromatic carbocycles. The van der Waals surface area contributed by atoms with E-state index in [2.05, 4.69) is 30.4 Å². The molecule has 54 heavy (non-hydrogen) atoms. The lowest BCUT2D eigenvalue weighted by Gasteiger charge is -2.18. The van der Waals surface area contributed by atoms with Gasteiger partial charge in [0.2, 0.25) is 0 Å². The third-order valence-electron chi connectivity index (χ3n) is 8.19. The molecular weight excluding hydrogens is 692 g/mol. The highest BCUT2D eigenvalue weighted by molar-refractivity contribution is 5.98. The van der Waals surface area contributed by atoms with Gasteiger partial charge in [0.05, 0.1) is 23.8 Å². The Morgan fingerprint density at radius 2 is 1.06 bits per heavy atom. The van der Waals surface area contributed by atoms with E-state index in [1.165, 1.54) is 25.3 Å². The van der Waals surface area contributed by atoms with E-state index in [1.807, 2.05) is 60.7 Å². The van der Waals surface area contributed by atoms with Crippen LogP contribution in [0.3, 0.4) is 0 Å². The smallest absolute Gasteiger partial charge is 0.343 e. The van der Waals surface area contributed by atoms with Gasteiger partial charge >= 0.3 is 17.9 Å². The lowest BCUT2D eigenvalue weighted by Crippen LogP contribution is -2.16. The van der Waals surface area contributed by atoms with Gasteiger partial charge in [-0.05, 0) is 36.4 Å². The number of H-pyrrole nitrogens is 2. The first kappa shape index (κ1) is 35.1. The normalized spacial score (nSPS) is 11.5. The molecule has 0 aliphatic carbocycles. The molecule has 3 N–H and O–H groups in total. The fourth-order valence-electron chi connectivity index (χ4n) is 5.46. The van der Waals surface area contributed by atoms with Crippen molar-refractivity contribution in [2.75, 3.05) is 14.2 Å². The maximum Gasteiger partial charge on any atom is 0.343 e. The van der Waals surface area contributed by atoms with E-state index in [0.717, 1.165) is 24.3 Å². The van der Waals surface area contributed by atoms with Gasteiger partial charge < -0.3 is 24.1 Å². The Balaban J connectivity index is 1.15. The summed E-state index contributed by atoms with van der Waals surface area (Å²) in [6, 6.07) is 34.0. The number of ether oxygens (including phenoxy) is 4. The largest absolute Gasteiger partial charge is 0.465 e. The average Bonchev–Trinajstić information content (AvgIpc) is 3.93. The van der Waals surface area contributed by atoms with Crippen molar-refractivity contribution in [1.82, 2.24) is 30.4 Å². The number of hydrogen-bond acceptors (Lipinski definition) is 12. The molecule has 7 aromatic rings. The van der Waals surface area contributed by atoms with Crippen molar-refractivity contribution >= 4 is 17.9 Å². The molecule has 0 aliphatic heterocycles. The molecule has 0 radical (unpaired) electrons. The van der Waals surface area contributed by atoms with E-state index < -0.39 is 24.2 Å². The quantitative estimate of drug-likeness (QED) is 0.0752.